The summed E-state index contributed by atoms with van der Waals surface area (Å²) >= 11 is 5.03. The number of thiazole rings is 1. The van der Waals surface area contributed by atoms with Gasteiger partial charge in [-0.1, -0.05) is 28.1 Å². The Balaban J connectivity index is 2.11. The first-order chi connectivity index (χ1) is 11.1. The maximum atomic E-state index is 5.65. The van der Waals surface area contributed by atoms with Gasteiger partial charge in [0, 0.05) is 22.5 Å². The van der Waals surface area contributed by atoms with Crippen LogP contribution in [0, 0.1) is 6.92 Å². The van der Waals surface area contributed by atoms with Crippen molar-refractivity contribution in [2.24, 2.45) is 10.1 Å². The molecule has 0 amide bonds. The van der Waals surface area contributed by atoms with Gasteiger partial charge in [-0.15, -0.1) is 11.3 Å². The smallest absolute Gasteiger partial charge is 0.205 e. The summed E-state index contributed by atoms with van der Waals surface area (Å²) in [5.41, 5.74) is 2.90. The third-order valence-electron chi connectivity index (χ3n) is 3.36. The number of hydrogen-bond donors (Lipinski definition) is 0. The molecule has 6 heteroatoms. The van der Waals surface area contributed by atoms with E-state index in [4.69, 9.17) is 9.52 Å². The van der Waals surface area contributed by atoms with Crippen LogP contribution in [-0.2, 0) is 0 Å². The van der Waals surface area contributed by atoms with Crippen LogP contribution in [0.4, 0.5) is 0 Å². The van der Waals surface area contributed by atoms with Crippen molar-refractivity contribution in [2.45, 2.75) is 13.8 Å². The van der Waals surface area contributed by atoms with Crippen LogP contribution in [0.1, 0.15) is 18.4 Å². The molecule has 4 nitrogen and oxygen atoms in total. The lowest BCUT2D eigenvalue weighted by atomic mass is 10.2. The van der Waals surface area contributed by atoms with Crippen LogP contribution in [0.3, 0.4) is 0 Å². The summed E-state index contributed by atoms with van der Waals surface area (Å²) in [6, 6.07) is 12.0. The Morgan fingerprint density at radius 3 is 2.52 bits per heavy atom. The molecular formula is C17H16BrN3OS. The van der Waals surface area contributed by atoms with E-state index in [1.165, 1.54) is 0 Å². The van der Waals surface area contributed by atoms with E-state index in [-0.39, 0.29) is 0 Å². The number of rotatable bonds is 3. The number of aromatic nitrogens is 1. The van der Waals surface area contributed by atoms with E-state index in [0.717, 1.165) is 37.8 Å². The minimum Gasteiger partial charge on any atom is -0.460 e. The molecule has 0 aliphatic carbocycles. The Hall–Kier alpha value is -1.92. The second-order valence-corrected chi connectivity index (χ2v) is 6.79. The molecule has 0 unspecified atom stereocenters. The molecule has 0 saturated heterocycles. The van der Waals surface area contributed by atoms with Crippen LogP contribution >= 0.6 is 27.3 Å². The van der Waals surface area contributed by atoms with Crippen LogP contribution in [0.5, 0.6) is 0 Å². The van der Waals surface area contributed by atoms with E-state index in [2.05, 4.69) is 38.4 Å². The van der Waals surface area contributed by atoms with Crippen molar-refractivity contribution in [3.05, 3.63) is 62.6 Å². The standard InChI is InChI=1S/C17H16BrN3OS/c1-11-4-9-16(22-11)12(2)20-21-15(10-23-17(21)19-3)13-5-7-14(18)8-6-13/h4-10H,1-3H3. The Bertz CT molecular complexity index is 916. The van der Waals surface area contributed by atoms with Gasteiger partial charge in [-0.25, -0.2) is 4.68 Å². The van der Waals surface area contributed by atoms with Gasteiger partial charge in [-0.3, -0.25) is 4.99 Å². The first-order valence-electron chi connectivity index (χ1n) is 7.10. The summed E-state index contributed by atoms with van der Waals surface area (Å²) in [6.07, 6.45) is 0. The highest BCUT2D eigenvalue weighted by molar-refractivity contribution is 9.10. The third kappa shape index (κ3) is 3.38. The fourth-order valence-electron chi connectivity index (χ4n) is 2.19. The number of nitrogens with zero attached hydrogens (tertiary/aromatic N) is 3. The van der Waals surface area contributed by atoms with E-state index in [1.807, 2.05) is 42.8 Å². The van der Waals surface area contributed by atoms with E-state index in [1.54, 1.807) is 18.4 Å². The van der Waals surface area contributed by atoms with Gasteiger partial charge in [0.25, 0.3) is 0 Å². The second kappa shape index (κ2) is 6.68. The van der Waals surface area contributed by atoms with E-state index >= 15 is 0 Å². The average molecular weight is 390 g/mol. The Morgan fingerprint density at radius 1 is 1.17 bits per heavy atom. The lowest BCUT2D eigenvalue weighted by Gasteiger charge is -2.05. The first-order valence-corrected chi connectivity index (χ1v) is 8.77. The molecule has 0 saturated carbocycles. The number of aryl methyl sites for hydroxylation is 1. The molecule has 23 heavy (non-hydrogen) atoms. The zero-order valence-corrected chi connectivity index (χ0v) is 15.5. The zero-order chi connectivity index (χ0) is 16.4. The van der Waals surface area contributed by atoms with E-state index < -0.39 is 0 Å². The minimum absolute atomic E-state index is 0.769. The third-order valence-corrected chi connectivity index (χ3v) is 4.80. The SMILES string of the molecule is CN=c1scc(-c2ccc(Br)cc2)n1N=C(C)c1ccc(C)o1. The highest BCUT2D eigenvalue weighted by Crippen LogP contribution is 2.22. The van der Waals surface area contributed by atoms with Crippen molar-refractivity contribution in [3.63, 3.8) is 0 Å². The summed E-state index contributed by atoms with van der Waals surface area (Å²) in [4.78, 5) is 5.16. The topological polar surface area (TPSA) is 42.8 Å². The molecule has 0 N–H and O–H groups in total. The molecule has 0 radical (unpaired) electrons. The number of halogens is 1. The predicted molar refractivity (Wildman–Crippen MR) is 98.0 cm³/mol. The fourth-order valence-corrected chi connectivity index (χ4v) is 3.26. The fraction of sp³-hybridized carbons (Fsp3) is 0.176. The van der Waals surface area contributed by atoms with Gasteiger partial charge in [-0.2, -0.15) is 5.10 Å². The van der Waals surface area contributed by atoms with Crippen molar-refractivity contribution in [1.29, 1.82) is 0 Å². The molecule has 2 aromatic heterocycles. The number of hydrogen-bond acceptors (Lipinski definition) is 4. The Labute approximate surface area is 146 Å². The van der Waals surface area contributed by atoms with Gasteiger partial charge in [0.05, 0.1) is 5.69 Å². The predicted octanol–water partition coefficient (Wildman–Crippen LogP) is 4.68. The lowest BCUT2D eigenvalue weighted by molar-refractivity contribution is 0.524. The highest BCUT2D eigenvalue weighted by atomic mass is 79.9. The van der Waals surface area contributed by atoms with Gasteiger partial charge in [0.2, 0.25) is 4.80 Å². The highest BCUT2D eigenvalue weighted by Gasteiger charge is 2.09. The zero-order valence-electron chi connectivity index (χ0n) is 13.1. The molecule has 0 atom stereocenters. The molecular weight excluding hydrogens is 374 g/mol. The summed E-state index contributed by atoms with van der Waals surface area (Å²) in [5.74, 6) is 1.64. The summed E-state index contributed by atoms with van der Waals surface area (Å²) in [7, 11) is 1.77. The van der Waals surface area contributed by atoms with Crippen molar-refractivity contribution >= 4 is 33.0 Å². The van der Waals surface area contributed by atoms with Crippen LogP contribution in [0.25, 0.3) is 11.3 Å². The molecule has 0 aliphatic rings. The average Bonchev–Trinajstić information content (AvgIpc) is 3.14. The Morgan fingerprint density at radius 2 is 1.91 bits per heavy atom. The lowest BCUT2D eigenvalue weighted by Crippen LogP contribution is -2.13. The van der Waals surface area contributed by atoms with Crippen molar-refractivity contribution in [2.75, 3.05) is 7.05 Å². The molecule has 0 aliphatic heterocycles. The minimum atomic E-state index is 0.769. The van der Waals surface area contributed by atoms with Gasteiger partial charge < -0.3 is 4.42 Å². The normalized spacial score (nSPS) is 12.9. The van der Waals surface area contributed by atoms with Crippen molar-refractivity contribution in [1.82, 2.24) is 4.68 Å². The maximum Gasteiger partial charge on any atom is 0.205 e. The maximum absolute atomic E-state index is 5.65. The van der Waals surface area contributed by atoms with Gasteiger partial charge in [0.15, 0.2) is 0 Å². The largest absolute Gasteiger partial charge is 0.460 e. The Kier molecular flexibility index (Phi) is 4.63. The molecule has 0 fully saturated rings. The van der Waals surface area contributed by atoms with Crippen LogP contribution in [-0.4, -0.2) is 17.4 Å². The van der Waals surface area contributed by atoms with Crippen LogP contribution in [0.15, 0.2) is 60.8 Å². The molecule has 0 spiro atoms. The van der Waals surface area contributed by atoms with Crippen molar-refractivity contribution in [3.8, 4) is 11.3 Å². The molecule has 2 heterocycles. The summed E-state index contributed by atoms with van der Waals surface area (Å²) in [5, 5.41) is 6.78. The van der Waals surface area contributed by atoms with Crippen LogP contribution in [0.2, 0.25) is 0 Å². The number of benzene rings is 1. The number of furan rings is 1. The van der Waals surface area contributed by atoms with Gasteiger partial charge in [-0.05, 0) is 38.1 Å². The molecule has 3 aromatic rings. The van der Waals surface area contributed by atoms with E-state index in [9.17, 15) is 0 Å². The van der Waals surface area contributed by atoms with Gasteiger partial charge in [0.1, 0.15) is 17.2 Å². The molecule has 0 bridgehead atoms. The van der Waals surface area contributed by atoms with Gasteiger partial charge >= 0.3 is 0 Å². The monoisotopic (exact) mass is 389 g/mol. The molecule has 3 rings (SSSR count). The second-order valence-electron chi connectivity index (χ2n) is 5.04. The van der Waals surface area contributed by atoms with Crippen molar-refractivity contribution < 1.29 is 4.42 Å². The van der Waals surface area contributed by atoms with Crippen LogP contribution < -0.4 is 4.80 Å². The van der Waals surface area contributed by atoms with E-state index in [0.29, 0.717) is 0 Å². The summed E-state index contributed by atoms with van der Waals surface area (Å²) in [6.45, 7) is 3.86. The first kappa shape index (κ1) is 16.0. The summed E-state index contributed by atoms with van der Waals surface area (Å²) < 4.78 is 8.56. The quantitative estimate of drug-likeness (QED) is 0.599. The molecule has 1 aromatic carbocycles. The molecule has 118 valence electrons.